The Hall–Kier alpha value is -3.64. The highest BCUT2D eigenvalue weighted by Gasteiger charge is 2.31. The molecule has 3 aromatic heterocycles. The Labute approximate surface area is 209 Å². The van der Waals surface area contributed by atoms with Gasteiger partial charge < -0.3 is 20.5 Å². The molecule has 0 saturated carbocycles. The lowest BCUT2D eigenvalue weighted by atomic mass is 10.1. The van der Waals surface area contributed by atoms with Crippen molar-refractivity contribution in [2.75, 3.05) is 24.7 Å². The number of thiazole rings is 1. The second-order valence-corrected chi connectivity index (χ2v) is 9.66. The summed E-state index contributed by atoms with van der Waals surface area (Å²) in [7, 11) is 0. The lowest BCUT2D eigenvalue weighted by Crippen LogP contribution is -2.53. The topological polar surface area (TPSA) is 140 Å². The molecule has 36 heavy (non-hydrogen) atoms. The number of carbonyl (C=O) groups is 2. The van der Waals surface area contributed by atoms with E-state index in [9.17, 15) is 18.8 Å². The largest absolute Gasteiger partial charge is 0.476 e. The Kier molecular flexibility index (Phi) is 7.45. The number of hydrogen-bond donors (Lipinski definition) is 2. The van der Waals surface area contributed by atoms with Gasteiger partial charge in [0, 0.05) is 24.5 Å². The van der Waals surface area contributed by atoms with Crippen molar-refractivity contribution in [2.45, 2.75) is 38.6 Å². The molecule has 1 saturated heterocycles. The smallest absolute Gasteiger partial charge is 0.364 e. The second-order valence-electron chi connectivity index (χ2n) is 8.72. The zero-order valence-corrected chi connectivity index (χ0v) is 20.6. The van der Waals surface area contributed by atoms with Crippen LogP contribution in [0.1, 0.15) is 41.6 Å². The maximum absolute atomic E-state index is 14.1. The number of carboxylic acids is 1. The summed E-state index contributed by atoms with van der Waals surface area (Å²) in [6.07, 6.45) is 3.51. The average Bonchev–Trinajstić information content (AvgIpc) is 3.33. The standard InChI is InChI=1S/C24H26FN5O5S/c1-13(2)17-12-36-20(27-17)4-3-14-5-6-30-19(9-14)28-22(15(23(30)32)10-16(25)24(33)34)29-7-8-35-11-18(29)21(26)31/h5-6,9-10,12-13,18H,3-4,7-8,11H2,1-2H3,(H2,26,31)(H,33,34). The zero-order chi connectivity index (χ0) is 26.0. The highest BCUT2D eigenvalue weighted by molar-refractivity contribution is 7.09. The fourth-order valence-corrected chi connectivity index (χ4v) is 4.88. The number of rotatable bonds is 8. The van der Waals surface area contributed by atoms with Crippen molar-refractivity contribution in [3.8, 4) is 0 Å². The monoisotopic (exact) mass is 515 g/mol. The van der Waals surface area contributed by atoms with Crippen LogP contribution in [0.25, 0.3) is 11.7 Å². The van der Waals surface area contributed by atoms with Crippen LogP contribution in [-0.4, -0.2) is 57.2 Å². The molecule has 3 N–H and O–H groups in total. The third kappa shape index (κ3) is 5.29. The minimum atomic E-state index is -1.82. The Bertz CT molecular complexity index is 1400. The van der Waals surface area contributed by atoms with Gasteiger partial charge in [-0.15, -0.1) is 11.3 Å². The number of primary amides is 1. The van der Waals surface area contributed by atoms with E-state index in [4.69, 9.17) is 15.6 Å². The molecule has 1 unspecified atom stereocenters. The van der Waals surface area contributed by atoms with Crippen molar-refractivity contribution >= 4 is 40.8 Å². The van der Waals surface area contributed by atoms with Gasteiger partial charge in [-0.1, -0.05) is 13.8 Å². The summed E-state index contributed by atoms with van der Waals surface area (Å²) >= 11 is 1.60. The molecule has 10 nitrogen and oxygen atoms in total. The molecule has 0 aliphatic carbocycles. The van der Waals surface area contributed by atoms with E-state index in [1.54, 1.807) is 23.5 Å². The van der Waals surface area contributed by atoms with Gasteiger partial charge >= 0.3 is 5.97 Å². The summed E-state index contributed by atoms with van der Waals surface area (Å²) in [6, 6.07) is 2.55. The number of ether oxygens (including phenoxy) is 1. The molecule has 1 aliphatic heterocycles. The predicted molar refractivity (Wildman–Crippen MR) is 133 cm³/mol. The van der Waals surface area contributed by atoms with E-state index in [1.807, 2.05) is 0 Å². The summed E-state index contributed by atoms with van der Waals surface area (Å²) in [5.74, 6) is -3.73. The van der Waals surface area contributed by atoms with Crippen LogP contribution in [0.2, 0.25) is 0 Å². The van der Waals surface area contributed by atoms with E-state index >= 15 is 0 Å². The summed E-state index contributed by atoms with van der Waals surface area (Å²) in [6.45, 7) is 4.53. The highest BCUT2D eigenvalue weighted by atomic mass is 32.1. The molecule has 4 heterocycles. The first-order chi connectivity index (χ1) is 17.2. The number of aliphatic carboxylic acids is 1. The van der Waals surface area contributed by atoms with E-state index in [-0.39, 0.29) is 36.8 Å². The van der Waals surface area contributed by atoms with Gasteiger partial charge in [0.05, 0.1) is 29.5 Å². The molecular weight excluding hydrogens is 489 g/mol. The first-order valence-electron chi connectivity index (χ1n) is 11.4. The van der Waals surface area contributed by atoms with Crippen molar-refractivity contribution in [3.63, 3.8) is 0 Å². The van der Waals surface area contributed by atoms with Crippen LogP contribution < -0.4 is 16.2 Å². The number of fused-ring (bicyclic) bond motifs is 1. The van der Waals surface area contributed by atoms with E-state index in [0.717, 1.165) is 16.3 Å². The van der Waals surface area contributed by atoms with Crippen LogP contribution in [0, 0.1) is 0 Å². The van der Waals surface area contributed by atoms with Gasteiger partial charge in [0.25, 0.3) is 5.56 Å². The molecule has 0 spiro atoms. The highest BCUT2D eigenvalue weighted by Crippen LogP contribution is 2.24. The molecule has 0 bridgehead atoms. The number of carboxylic acid groups (broad SMARTS) is 1. The zero-order valence-electron chi connectivity index (χ0n) is 19.8. The lowest BCUT2D eigenvalue weighted by molar-refractivity contribution is -0.134. The normalized spacial score (nSPS) is 16.6. The molecule has 190 valence electrons. The van der Waals surface area contributed by atoms with E-state index in [0.29, 0.717) is 24.8 Å². The number of anilines is 1. The van der Waals surface area contributed by atoms with Crippen LogP contribution >= 0.6 is 11.3 Å². The summed E-state index contributed by atoms with van der Waals surface area (Å²) < 4.78 is 20.7. The van der Waals surface area contributed by atoms with Crippen molar-refractivity contribution in [1.82, 2.24) is 14.4 Å². The van der Waals surface area contributed by atoms with Gasteiger partial charge in [-0.25, -0.2) is 14.8 Å². The number of aromatic nitrogens is 3. The van der Waals surface area contributed by atoms with Crippen molar-refractivity contribution in [2.24, 2.45) is 5.73 Å². The number of pyridine rings is 1. The number of nitrogens with zero attached hydrogens (tertiary/aromatic N) is 4. The summed E-state index contributed by atoms with van der Waals surface area (Å²) in [4.78, 5) is 47.2. The third-order valence-electron chi connectivity index (χ3n) is 5.90. The van der Waals surface area contributed by atoms with Crippen LogP contribution in [-0.2, 0) is 27.2 Å². The number of aryl methyl sites for hydroxylation is 2. The van der Waals surface area contributed by atoms with E-state index in [1.165, 1.54) is 15.5 Å². The minimum Gasteiger partial charge on any atom is -0.476 e. The Morgan fingerprint density at radius 2 is 2.14 bits per heavy atom. The van der Waals surface area contributed by atoms with Crippen LogP contribution in [0.4, 0.5) is 10.2 Å². The number of amides is 1. The molecule has 1 atom stereocenters. The molecular formula is C24H26FN5O5S. The quantitative estimate of drug-likeness (QED) is 0.435. The Balaban J connectivity index is 1.77. The number of nitrogens with two attached hydrogens (primary N) is 1. The van der Waals surface area contributed by atoms with Gasteiger partial charge in [-0.3, -0.25) is 14.0 Å². The first-order valence-corrected chi connectivity index (χ1v) is 12.3. The molecule has 12 heteroatoms. The van der Waals surface area contributed by atoms with Gasteiger partial charge in [-0.2, -0.15) is 4.39 Å². The second kappa shape index (κ2) is 10.5. The maximum Gasteiger partial charge on any atom is 0.364 e. The molecule has 1 amide bonds. The van der Waals surface area contributed by atoms with Crippen molar-refractivity contribution < 1.29 is 23.8 Å². The minimum absolute atomic E-state index is 0.0258. The number of halogens is 1. The van der Waals surface area contributed by atoms with E-state index in [2.05, 4.69) is 29.2 Å². The third-order valence-corrected chi connectivity index (χ3v) is 6.83. The Morgan fingerprint density at radius 3 is 2.81 bits per heavy atom. The summed E-state index contributed by atoms with van der Waals surface area (Å²) in [5, 5.41) is 12.1. The van der Waals surface area contributed by atoms with Gasteiger partial charge in [0.1, 0.15) is 17.5 Å². The number of morpholine rings is 1. The molecule has 1 aliphatic rings. The van der Waals surface area contributed by atoms with Crippen LogP contribution in [0.3, 0.4) is 0 Å². The maximum atomic E-state index is 14.1. The van der Waals surface area contributed by atoms with Crippen molar-refractivity contribution in [1.29, 1.82) is 0 Å². The molecule has 0 aromatic carbocycles. The predicted octanol–water partition coefficient (Wildman–Crippen LogP) is 2.15. The fourth-order valence-electron chi connectivity index (χ4n) is 3.92. The Morgan fingerprint density at radius 1 is 1.36 bits per heavy atom. The fraction of sp³-hybridized carbons (Fsp3) is 0.375. The van der Waals surface area contributed by atoms with E-state index < -0.39 is 29.3 Å². The van der Waals surface area contributed by atoms with Crippen molar-refractivity contribution in [3.05, 3.63) is 61.7 Å². The average molecular weight is 516 g/mol. The molecule has 0 radical (unpaired) electrons. The molecule has 1 fully saturated rings. The van der Waals surface area contributed by atoms with Gasteiger partial charge in [0.15, 0.2) is 0 Å². The van der Waals surface area contributed by atoms with Gasteiger partial charge in [-0.05, 0) is 36.1 Å². The van der Waals surface area contributed by atoms with Crippen LogP contribution in [0.5, 0.6) is 0 Å². The molecule has 3 aromatic rings. The van der Waals surface area contributed by atoms with Crippen LogP contribution in [0.15, 0.2) is 34.3 Å². The van der Waals surface area contributed by atoms with Gasteiger partial charge in [0.2, 0.25) is 11.7 Å². The summed E-state index contributed by atoms with van der Waals surface area (Å²) in [5.41, 5.74) is 6.79. The first kappa shape index (κ1) is 25.5. The molecule has 4 rings (SSSR count). The SMILES string of the molecule is CC(C)c1csc(CCc2ccn3c(=O)c(C=C(F)C(=O)O)c(N4CCOCC4C(N)=O)nc3c2)n1. The number of carbonyl (C=O) groups excluding carboxylic acids is 1. The lowest BCUT2D eigenvalue weighted by Gasteiger charge is -2.35. The number of hydrogen-bond acceptors (Lipinski definition) is 8.